The maximum atomic E-state index is 8.86. The molecular formula is C10H9Cl2NO. The first-order valence-corrected chi connectivity index (χ1v) is 4.90. The normalized spacial score (nSPS) is 9.86. The molecule has 1 aromatic carbocycles. The smallest absolute Gasteiger partial charge is 0.101 e. The average Bonchev–Trinajstić information content (AvgIpc) is 2.14. The van der Waals surface area contributed by atoms with Crippen LogP contribution in [0.4, 0.5) is 0 Å². The van der Waals surface area contributed by atoms with Gasteiger partial charge in [0.25, 0.3) is 0 Å². The first kappa shape index (κ1) is 11.3. The molecule has 0 radical (unpaired) electrons. The van der Waals surface area contributed by atoms with E-state index in [9.17, 15) is 0 Å². The van der Waals surface area contributed by atoms with Crippen LogP contribution in [0.25, 0.3) is 0 Å². The fourth-order valence-electron chi connectivity index (χ4n) is 1.08. The van der Waals surface area contributed by atoms with E-state index in [1.54, 1.807) is 12.1 Å². The fourth-order valence-corrected chi connectivity index (χ4v) is 1.66. The second-order valence-electron chi connectivity index (χ2n) is 2.67. The Morgan fingerprint density at radius 1 is 1.43 bits per heavy atom. The van der Waals surface area contributed by atoms with Crippen LogP contribution in [-0.4, -0.2) is 6.61 Å². The molecule has 0 unspecified atom stereocenters. The Morgan fingerprint density at radius 3 is 2.71 bits per heavy atom. The topological polar surface area (TPSA) is 33.0 Å². The van der Waals surface area contributed by atoms with Crippen molar-refractivity contribution in [2.45, 2.75) is 13.5 Å². The minimum absolute atomic E-state index is 0.361. The lowest BCUT2D eigenvalue weighted by Crippen LogP contribution is -1.96. The van der Waals surface area contributed by atoms with Gasteiger partial charge < -0.3 is 4.74 Å². The zero-order valence-electron chi connectivity index (χ0n) is 7.68. The lowest BCUT2D eigenvalue weighted by Gasteiger charge is -2.06. The number of nitrogens with zero attached hydrogens (tertiary/aromatic N) is 1. The summed E-state index contributed by atoms with van der Waals surface area (Å²) in [4.78, 5) is 0. The Balaban J connectivity index is 3.07. The molecule has 74 valence electrons. The number of halogens is 2. The summed E-state index contributed by atoms with van der Waals surface area (Å²) in [6.07, 6.45) is 0. The third-order valence-corrected chi connectivity index (χ3v) is 2.23. The van der Waals surface area contributed by atoms with E-state index >= 15 is 0 Å². The Kier molecular flexibility index (Phi) is 4.21. The highest BCUT2D eigenvalue weighted by Gasteiger charge is 2.08. The zero-order valence-corrected chi connectivity index (χ0v) is 9.19. The van der Waals surface area contributed by atoms with Gasteiger partial charge in [0.2, 0.25) is 0 Å². The standard InChI is InChI=1S/C10H9Cl2NO/c1-2-14-6-7-3-8(11)4-10(12)9(7)5-13/h3-4H,2,6H2,1H3. The van der Waals surface area contributed by atoms with Crippen LogP contribution in [0.5, 0.6) is 0 Å². The lowest BCUT2D eigenvalue weighted by atomic mass is 10.1. The zero-order chi connectivity index (χ0) is 10.6. The van der Waals surface area contributed by atoms with Gasteiger partial charge in [0.15, 0.2) is 0 Å². The maximum Gasteiger partial charge on any atom is 0.101 e. The van der Waals surface area contributed by atoms with Crippen LogP contribution in [0.2, 0.25) is 10.0 Å². The van der Waals surface area contributed by atoms with Crippen molar-refractivity contribution < 1.29 is 4.74 Å². The molecule has 14 heavy (non-hydrogen) atoms. The van der Waals surface area contributed by atoms with Crippen molar-refractivity contribution in [3.8, 4) is 6.07 Å². The predicted octanol–water partition coefficient (Wildman–Crippen LogP) is 3.40. The molecule has 1 rings (SSSR count). The molecule has 0 amide bonds. The van der Waals surface area contributed by atoms with Gasteiger partial charge >= 0.3 is 0 Å². The van der Waals surface area contributed by atoms with E-state index in [-0.39, 0.29) is 0 Å². The maximum absolute atomic E-state index is 8.86. The molecule has 0 spiro atoms. The number of ether oxygens (including phenoxy) is 1. The molecule has 0 fully saturated rings. The van der Waals surface area contributed by atoms with E-state index in [4.69, 9.17) is 33.2 Å². The average molecular weight is 230 g/mol. The van der Waals surface area contributed by atoms with Crippen molar-refractivity contribution in [2.24, 2.45) is 0 Å². The Bertz CT molecular complexity index is 371. The predicted molar refractivity (Wildman–Crippen MR) is 56.5 cm³/mol. The van der Waals surface area contributed by atoms with Crippen molar-refractivity contribution in [1.29, 1.82) is 5.26 Å². The van der Waals surface area contributed by atoms with E-state index in [1.807, 2.05) is 13.0 Å². The molecule has 1 aromatic rings. The van der Waals surface area contributed by atoms with Crippen molar-refractivity contribution in [1.82, 2.24) is 0 Å². The summed E-state index contributed by atoms with van der Waals surface area (Å²) in [5, 5.41) is 9.74. The van der Waals surface area contributed by atoms with Crippen LogP contribution in [0.1, 0.15) is 18.1 Å². The summed E-state index contributed by atoms with van der Waals surface area (Å²) in [6, 6.07) is 5.28. The fraction of sp³-hybridized carbons (Fsp3) is 0.300. The summed E-state index contributed by atoms with van der Waals surface area (Å²) in [6.45, 7) is 2.84. The number of nitriles is 1. The highest BCUT2D eigenvalue weighted by atomic mass is 35.5. The second-order valence-corrected chi connectivity index (χ2v) is 3.51. The SMILES string of the molecule is CCOCc1cc(Cl)cc(Cl)c1C#N. The number of hydrogen-bond acceptors (Lipinski definition) is 2. The Labute approximate surface area is 93.0 Å². The molecule has 4 heteroatoms. The highest BCUT2D eigenvalue weighted by molar-refractivity contribution is 6.35. The summed E-state index contributed by atoms with van der Waals surface area (Å²) >= 11 is 11.7. The summed E-state index contributed by atoms with van der Waals surface area (Å²) < 4.78 is 5.20. The molecule has 0 aromatic heterocycles. The second kappa shape index (κ2) is 5.21. The summed E-state index contributed by atoms with van der Waals surface area (Å²) in [5.41, 5.74) is 1.16. The van der Waals surface area contributed by atoms with Crippen molar-refractivity contribution in [3.05, 3.63) is 33.3 Å². The third kappa shape index (κ3) is 2.62. The minimum atomic E-state index is 0.361. The molecule has 0 bridgehead atoms. The van der Waals surface area contributed by atoms with Gasteiger partial charge in [-0.3, -0.25) is 0 Å². The molecule has 0 heterocycles. The van der Waals surface area contributed by atoms with Crippen LogP contribution in [-0.2, 0) is 11.3 Å². The van der Waals surface area contributed by atoms with Gasteiger partial charge in [-0.2, -0.15) is 5.26 Å². The number of rotatable bonds is 3. The van der Waals surface area contributed by atoms with Crippen molar-refractivity contribution in [3.63, 3.8) is 0 Å². The summed E-state index contributed by atoms with van der Waals surface area (Å²) in [5.74, 6) is 0. The molecule has 0 aliphatic carbocycles. The largest absolute Gasteiger partial charge is 0.377 e. The van der Waals surface area contributed by atoms with Crippen LogP contribution in [0.15, 0.2) is 12.1 Å². The molecule has 0 atom stereocenters. The van der Waals surface area contributed by atoms with E-state index < -0.39 is 0 Å². The van der Waals surface area contributed by atoms with Crippen LogP contribution < -0.4 is 0 Å². The van der Waals surface area contributed by atoms with E-state index in [2.05, 4.69) is 0 Å². The van der Waals surface area contributed by atoms with Gasteiger partial charge in [-0.15, -0.1) is 0 Å². The number of hydrogen-bond donors (Lipinski definition) is 0. The lowest BCUT2D eigenvalue weighted by molar-refractivity contribution is 0.134. The third-order valence-electron chi connectivity index (χ3n) is 1.71. The van der Waals surface area contributed by atoms with Gasteiger partial charge in [-0.05, 0) is 24.6 Å². The van der Waals surface area contributed by atoms with Crippen LogP contribution in [0.3, 0.4) is 0 Å². The molecule has 0 aliphatic rings. The Morgan fingerprint density at radius 2 is 2.14 bits per heavy atom. The molecule has 0 N–H and O–H groups in total. The number of benzene rings is 1. The summed E-state index contributed by atoms with van der Waals surface area (Å²) in [7, 11) is 0. The Hall–Kier alpha value is -0.750. The first-order chi connectivity index (χ1) is 6.69. The van der Waals surface area contributed by atoms with Gasteiger partial charge in [0.05, 0.1) is 17.2 Å². The van der Waals surface area contributed by atoms with Crippen LogP contribution in [0, 0.1) is 11.3 Å². The van der Waals surface area contributed by atoms with E-state index in [0.717, 1.165) is 5.56 Å². The van der Waals surface area contributed by atoms with E-state index in [1.165, 1.54) is 0 Å². The van der Waals surface area contributed by atoms with Gasteiger partial charge in [0.1, 0.15) is 6.07 Å². The molecular weight excluding hydrogens is 221 g/mol. The highest BCUT2D eigenvalue weighted by Crippen LogP contribution is 2.25. The van der Waals surface area contributed by atoms with Crippen molar-refractivity contribution >= 4 is 23.2 Å². The van der Waals surface area contributed by atoms with E-state index in [0.29, 0.717) is 28.8 Å². The van der Waals surface area contributed by atoms with Crippen LogP contribution >= 0.6 is 23.2 Å². The van der Waals surface area contributed by atoms with Gasteiger partial charge in [-0.1, -0.05) is 23.2 Å². The van der Waals surface area contributed by atoms with Gasteiger partial charge in [0, 0.05) is 11.6 Å². The molecule has 0 saturated heterocycles. The first-order valence-electron chi connectivity index (χ1n) is 4.14. The molecule has 0 aliphatic heterocycles. The minimum Gasteiger partial charge on any atom is -0.377 e. The molecule has 0 saturated carbocycles. The van der Waals surface area contributed by atoms with Crippen molar-refractivity contribution in [2.75, 3.05) is 6.61 Å². The molecule has 2 nitrogen and oxygen atoms in total. The van der Waals surface area contributed by atoms with Gasteiger partial charge in [-0.25, -0.2) is 0 Å². The monoisotopic (exact) mass is 229 g/mol. The quantitative estimate of drug-likeness (QED) is 0.797.